The second-order valence-corrected chi connectivity index (χ2v) is 3.43. The summed E-state index contributed by atoms with van der Waals surface area (Å²) in [5.41, 5.74) is 2.14. The van der Waals surface area contributed by atoms with Crippen LogP contribution in [-0.4, -0.2) is 21.2 Å². The summed E-state index contributed by atoms with van der Waals surface area (Å²) in [7, 11) is 0. The lowest BCUT2D eigenvalue weighted by Gasteiger charge is -2.03. The van der Waals surface area contributed by atoms with Gasteiger partial charge in [-0.1, -0.05) is 6.07 Å². The number of aromatic nitrogens is 3. The average Bonchev–Trinajstić information content (AvgIpc) is 2.31. The highest BCUT2D eigenvalue weighted by molar-refractivity contribution is 5.75. The molecule has 4 heteroatoms. The van der Waals surface area contributed by atoms with Crippen molar-refractivity contribution in [2.24, 2.45) is 0 Å². The number of hydrogen-bond acceptors (Lipinski definition) is 4. The van der Waals surface area contributed by atoms with E-state index in [0.717, 1.165) is 17.7 Å². The molecule has 0 atom stereocenters. The molecule has 0 radical (unpaired) electrons. The van der Waals surface area contributed by atoms with Gasteiger partial charge in [-0.05, 0) is 19.1 Å². The van der Waals surface area contributed by atoms with E-state index in [1.165, 1.54) is 0 Å². The molecule has 0 unspecified atom stereocenters. The van der Waals surface area contributed by atoms with E-state index in [-0.39, 0.29) is 0 Å². The summed E-state index contributed by atoms with van der Waals surface area (Å²) >= 11 is 0. The number of nitrogens with zero attached hydrogens (tertiary/aromatic N) is 3. The molecule has 0 aliphatic rings. The number of carbonyl (C=O) groups is 1. The maximum atomic E-state index is 10.8. The Hall–Kier alpha value is -2.10. The normalized spacial score (nSPS) is 10.1. The lowest BCUT2D eigenvalue weighted by Crippen LogP contribution is -2.03. The molecule has 0 bridgehead atoms. The highest BCUT2D eigenvalue weighted by Crippen LogP contribution is 2.08. The van der Waals surface area contributed by atoms with E-state index in [1.54, 1.807) is 19.3 Å². The molecule has 0 N–H and O–H groups in total. The van der Waals surface area contributed by atoms with Crippen molar-refractivity contribution in [2.75, 3.05) is 0 Å². The summed E-state index contributed by atoms with van der Waals surface area (Å²) in [6, 6.07) is 5.68. The largest absolute Gasteiger partial charge is 0.298 e. The van der Waals surface area contributed by atoms with Crippen molar-refractivity contribution in [1.29, 1.82) is 0 Å². The van der Waals surface area contributed by atoms with E-state index in [4.69, 9.17) is 0 Å². The third kappa shape index (κ3) is 2.28. The molecule has 2 heterocycles. The summed E-state index contributed by atoms with van der Waals surface area (Å²) < 4.78 is 0. The Morgan fingerprint density at radius 2 is 2.19 bits per heavy atom. The van der Waals surface area contributed by atoms with Gasteiger partial charge in [-0.15, -0.1) is 0 Å². The van der Waals surface area contributed by atoms with Crippen LogP contribution in [0.3, 0.4) is 0 Å². The summed E-state index contributed by atoms with van der Waals surface area (Å²) in [6.07, 6.45) is 4.60. The van der Waals surface area contributed by atoms with Crippen LogP contribution in [0.25, 0.3) is 0 Å². The molecule has 0 aliphatic heterocycles. The van der Waals surface area contributed by atoms with Crippen molar-refractivity contribution < 1.29 is 4.79 Å². The molecule has 16 heavy (non-hydrogen) atoms. The fourth-order valence-corrected chi connectivity index (χ4v) is 1.44. The minimum atomic E-state index is 0.524. The van der Waals surface area contributed by atoms with Gasteiger partial charge in [0.25, 0.3) is 0 Å². The molecule has 0 amide bonds. The first-order chi connectivity index (χ1) is 7.79. The predicted octanol–water partition coefficient (Wildman–Crippen LogP) is 1.58. The van der Waals surface area contributed by atoms with Crippen LogP contribution in [0, 0.1) is 6.92 Å². The molecule has 0 saturated heterocycles. The molecule has 4 nitrogen and oxygen atoms in total. The van der Waals surface area contributed by atoms with Gasteiger partial charge in [-0.2, -0.15) is 0 Å². The number of rotatable bonds is 3. The van der Waals surface area contributed by atoms with Crippen LogP contribution in [0.5, 0.6) is 0 Å². The number of hydrogen-bond donors (Lipinski definition) is 0. The van der Waals surface area contributed by atoms with E-state index >= 15 is 0 Å². The monoisotopic (exact) mass is 213 g/mol. The first-order valence-corrected chi connectivity index (χ1v) is 4.97. The van der Waals surface area contributed by atoms with Crippen molar-refractivity contribution in [3.8, 4) is 0 Å². The highest BCUT2D eigenvalue weighted by Gasteiger charge is 2.06. The van der Waals surface area contributed by atoms with Gasteiger partial charge in [-0.3, -0.25) is 9.78 Å². The molecule has 0 aromatic carbocycles. The lowest BCUT2D eigenvalue weighted by molar-refractivity contribution is 0.112. The number of aryl methyl sites for hydroxylation is 1. The number of aldehydes is 1. The van der Waals surface area contributed by atoms with Gasteiger partial charge in [0, 0.05) is 24.5 Å². The van der Waals surface area contributed by atoms with Crippen LogP contribution in [0.15, 0.2) is 30.6 Å². The van der Waals surface area contributed by atoms with E-state index in [2.05, 4.69) is 15.0 Å². The first kappa shape index (κ1) is 10.4. The topological polar surface area (TPSA) is 55.7 Å². The van der Waals surface area contributed by atoms with E-state index < -0.39 is 0 Å². The third-order valence-electron chi connectivity index (χ3n) is 2.22. The Morgan fingerprint density at radius 3 is 2.88 bits per heavy atom. The SMILES string of the molecule is Cc1ncc(C=O)c(Cc2ccccn2)n1. The Bertz CT molecular complexity index is 497. The Morgan fingerprint density at radius 1 is 1.31 bits per heavy atom. The highest BCUT2D eigenvalue weighted by atomic mass is 16.1. The van der Waals surface area contributed by atoms with E-state index in [1.807, 2.05) is 18.2 Å². The minimum Gasteiger partial charge on any atom is -0.298 e. The molecule has 2 aromatic heterocycles. The van der Waals surface area contributed by atoms with E-state index in [0.29, 0.717) is 17.8 Å². The zero-order valence-corrected chi connectivity index (χ0v) is 8.92. The molecule has 0 saturated carbocycles. The summed E-state index contributed by atoms with van der Waals surface area (Å²) in [4.78, 5) is 23.3. The first-order valence-electron chi connectivity index (χ1n) is 4.97. The zero-order valence-electron chi connectivity index (χ0n) is 8.92. The van der Waals surface area contributed by atoms with E-state index in [9.17, 15) is 4.79 Å². The Labute approximate surface area is 93.4 Å². The fraction of sp³-hybridized carbons (Fsp3) is 0.167. The second-order valence-electron chi connectivity index (χ2n) is 3.43. The second kappa shape index (κ2) is 4.61. The molecule has 2 aromatic rings. The summed E-state index contributed by atoms with van der Waals surface area (Å²) in [5, 5.41) is 0. The van der Waals surface area contributed by atoms with Crippen molar-refractivity contribution >= 4 is 6.29 Å². The van der Waals surface area contributed by atoms with Crippen LogP contribution in [0.1, 0.15) is 27.6 Å². The lowest BCUT2D eigenvalue weighted by atomic mass is 10.1. The third-order valence-corrected chi connectivity index (χ3v) is 2.22. The summed E-state index contributed by atoms with van der Waals surface area (Å²) in [6.45, 7) is 1.80. The number of carbonyl (C=O) groups excluding carboxylic acids is 1. The van der Waals surface area contributed by atoms with Gasteiger partial charge < -0.3 is 0 Å². The number of pyridine rings is 1. The van der Waals surface area contributed by atoms with Crippen LogP contribution < -0.4 is 0 Å². The molecule has 80 valence electrons. The predicted molar refractivity (Wildman–Crippen MR) is 59.2 cm³/mol. The molecule has 2 rings (SSSR count). The quantitative estimate of drug-likeness (QED) is 0.726. The van der Waals surface area contributed by atoms with Crippen molar-refractivity contribution in [3.05, 3.63) is 53.4 Å². The molecule has 0 fully saturated rings. The van der Waals surface area contributed by atoms with Gasteiger partial charge >= 0.3 is 0 Å². The van der Waals surface area contributed by atoms with Gasteiger partial charge in [-0.25, -0.2) is 9.97 Å². The smallest absolute Gasteiger partial charge is 0.153 e. The maximum Gasteiger partial charge on any atom is 0.153 e. The van der Waals surface area contributed by atoms with Crippen LogP contribution in [0.2, 0.25) is 0 Å². The minimum absolute atomic E-state index is 0.524. The van der Waals surface area contributed by atoms with Crippen LogP contribution >= 0.6 is 0 Å². The summed E-state index contributed by atoms with van der Waals surface area (Å²) in [5.74, 6) is 0.663. The Balaban J connectivity index is 2.33. The van der Waals surface area contributed by atoms with Crippen LogP contribution in [-0.2, 0) is 6.42 Å². The van der Waals surface area contributed by atoms with Crippen molar-refractivity contribution in [1.82, 2.24) is 15.0 Å². The Kier molecular flexibility index (Phi) is 3.00. The average molecular weight is 213 g/mol. The van der Waals surface area contributed by atoms with Crippen molar-refractivity contribution in [3.63, 3.8) is 0 Å². The maximum absolute atomic E-state index is 10.8. The van der Waals surface area contributed by atoms with Gasteiger partial charge in [0.05, 0.1) is 11.3 Å². The van der Waals surface area contributed by atoms with Crippen molar-refractivity contribution in [2.45, 2.75) is 13.3 Å². The van der Waals surface area contributed by atoms with Gasteiger partial charge in [0.15, 0.2) is 6.29 Å². The molecule has 0 aliphatic carbocycles. The molecular weight excluding hydrogens is 202 g/mol. The molecular formula is C12H11N3O. The fourth-order valence-electron chi connectivity index (χ4n) is 1.44. The molecule has 0 spiro atoms. The van der Waals surface area contributed by atoms with Crippen LogP contribution in [0.4, 0.5) is 0 Å². The van der Waals surface area contributed by atoms with Gasteiger partial charge in [0.2, 0.25) is 0 Å². The zero-order chi connectivity index (χ0) is 11.4. The standard InChI is InChI=1S/C12H11N3O/c1-9-14-7-10(8-16)12(15-9)6-11-4-2-3-5-13-11/h2-5,7-8H,6H2,1H3. The van der Waals surface area contributed by atoms with Gasteiger partial charge in [0.1, 0.15) is 5.82 Å².